The van der Waals surface area contributed by atoms with E-state index in [1.165, 1.54) is 10.4 Å². The SMILES string of the molecule is CCOc1cc(C(=O)NCc2sccc2C)ccc1OC. The molecule has 1 heterocycles. The van der Waals surface area contributed by atoms with Gasteiger partial charge in [-0.2, -0.15) is 0 Å². The lowest BCUT2D eigenvalue weighted by atomic mass is 10.2. The quantitative estimate of drug-likeness (QED) is 0.890. The van der Waals surface area contributed by atoms with Gasteiger partial charge in [0, 0.05) is 10.4 Å². The van der Waals surface area contributed by atoms with Gasteiger partial charge < -0.3 is 14.8 Å². The molecule has 2 rings (SSSR count). The van der Waals surface area contributed by atoms with E-state index in [1.54, 1.807) is 36.6 Å². The van der Waals surface area contributed by atoms with Crippen LogP contribution in [0.1, 0.15) is 27.7 Å². The van der Waals surface area contributed by atoms with E-state index in [0.717, 1.165) is 0 Å². The highest BCUT2D eigenvalue weighted by Gasteiger charge is 2.11. The zero-order valence-corrected chi connectivity index (χ0v) is 13.3. The molecule has 1 N–H and O–H groups in total. The zero-order valence-electron chi connectivity index (χ0n) is 12.4. The summed E-state index contributed by atoms with van der Waals surface area (Å²) in [6, 6.07) is 7.24. The summed E-state index contributed by atoms with van der Waals surface area (Å²) in [6.45, 7) is 5.00. The maximum absolute atomic E-state index is 12.2. The number of carbonyl (C=O) groups is 1. The normalized spacial score (nSPS) is 10.2. The Balaban J connectivity index is 2.08. The summed E-state index contributed by atoms with van der Waals surface area (Å²) in [4.78, 5) is 13.4. The van der Waals surface area contributed by atoms with Gasteiger partial charge >= 0.3 is 0 Å². The van der Waals surface area contributed by atoms with Crippen LogP contribution in [-0.4, -0.2) is 19.6 Å². The van der Waals surface area contributed by atoms with Crippen molar-refractivity contribution in [3.8, 4) is 11.5 Å². The van der Waals surface area contributed by atoms with Crippen molar-refractivity contribution in [3.63, 3.8) is 0 Å². The third kappa shape index (κ3) is 3.76. The summed E-state index contributed by atoms with van der Waals surface area (Å²) >= 11 is 1.64. The van der Waals surface area contributed by atoms with Crippen LogP contribution in [0.25, 0.3) is 0 Å². The first-order chi connectivity index (χ1) is 10.2. The van der Waals surface area contributed by atoms with Crippen LogP contribution in [0.4, 0.5) is 0 Å². The smallest absolute Gasteiger partial charge is 0.251 e. The minimum absolute atomic E-state index is 0.119. The van der Waals surface area contributed by atoms with E-state index >= 15 is 0 Å². The summed E-state index contributed by atoms with van der Waals surface area (Å²) in [6.07, 6.45) is 0. The molecule has 0 bridgehead atoms. The molecule has 4 nitrogen and oxygen atoms in total. The Morgan fingerprint density at radius 2 is 2.10 bits per heavy atom. The molecule has 1 aromatic heterocycles. The van der Waals surface area contributed by atoms with Crippen molar-refractivity contribution in [3.05, 3.63) is 45.6 Å². The Morgan fingerprint density at radius 3 is 2.71 bits per heavy atom. The average molecular weight is 305 g/mol. The van der Waals surface area contributed by atoms with E-state index in [1.807, 2.05) is 25.3 Å². The number of thiophene rings is 1. The van der Waals surface area contributed by atoms with Gasteiger partial charge in [-0.25, -0.2) is 0 Å². The topological polar surface area (TPSA) is 47.6 Å². The fourth-order valence-electron chi connectivity index (χ4n) is 1.93. The number of hydrogen-bond donors (Lipinski definition) is 1. The standard InChI is InChI=1S/C16H19NO3S/c1-4-20-14-9-12(5-6-13(14)19-3)16(18)17-10-15-11(2)7-8-21-15/h5-9H,4,10H2,1-3H3,(H,17,18). The van der Waals surface area contributed by atoms with Gasteiger partial charge in [-0.05, 0) is 49.1 Å². The van der Waals surface area contributed by atoms with Crippen LogP contribution < -0.4 is 14.8 Å². The van der Waals surface area contributed by atoms with Crippen molar-refractivity contribution >= 4 is 17.2 Å². The van der Waals surface area contributed by atoms with Crippen LogP contribution >= 0.6 is 11.3 Å². The predicted molar refractivity (Wildman–Crippen MR) is 84.4 cm³/mol. The van der Waals surface area contributed by atoms with Crippen LogP contribution in [0.2, 0.25) is 0 Å². The molecular weight excluding hydrogens is 286 g/mol. The number of amides is 1. The number of methoxy groups -OCH3 is 1. The highest BCUT2D eigenvalue weighted by Crippen LogP contribution is 2.28. The first kappa shape index (κ1) is 15.4. The van der Waals surface area contributed by atoms with E-state index in [4.69, 9.17) is 9.47 Å². The van der Waals surface area contributed by atoms with Crippen molar-refractivity contribution < 1.29 is 14.3 Å². The molecule has 5 heteroatoms. The highest BCUT2D eigenvalue weighted by molar-refractivity contribution is 7.10. The van der Waals surface area contributed by atoms with Gasteiger partial charge in [-0.15, -0.1) is 11.3 Å². The largest absolute Gasteiger partial charge is 0.493 e. The van der Waals surface area contributed by atoms with E-state index in [2.05, 4.69) is 5.32 Å². The van der Waals surface area contributed by atoms with Gasteiger partial charge in [0.1, 0.15) is 0 Å². The summed E-state index contributed by atoms with van der Waals surface area (Å²) in [5, 5.41) is 4.95. The van der Waals surface area contributed by atoms with Crippen LogP contribution in [0, 0.1) is 6.92 Å². The van der Waals surface area contributed by atoms with Gasteiger partial charge in [0.15, 0.2) is 11.5 Å². The Labute approximate surface area is 128 Å². The van der Waals surface area contributed by atoms with Crippen LogP contribution in [0.3, 0.4) is 0 Å². The Bertz CT molecular complexity index is 622. The first-order valence-corrected chi connectivity index (χ1v) is 7.65. The fraction of sp³-hybridized carbons (Fsp3) is 0.312. The summed E-state index contributed by atoms with van der Waals surface area (Å²) in [7, 11) is 1.58. The highest BCUT2D eigenvalue weighted by atomic mass is 32.1. The van der Waals surface area contributed by atoms with Crippen LogP contribution in [0.5, 0.6) is 11.5 Å². The fourth-order valence-corrected chi connectivity index (χ4v) is 2.78. The molecule has 0 aliphatic heterocycles. The molecule has 0 radical (unpaired) electrons. The van der Waals surface area contributed by atoms with E-state index in [0.29, 0.717) is 30.2 Å². The molecule has 0 unspecified atom stereocenters. The first-order valence-electron chi connectivity index (χ1n) is 6.77. The van der Waals surface area contributed by atoms with Crippen molar-refractivity contribution in [1.82, 2.24) is 5.32 Å². The molecule has 2 aromatic rings. The second kappa shape index (κ2) is 7.13. The van der Waals surface area contributed by atoms with Crippen LogP contribution in [0.15, 0.2) is 29.6 Å². The van der Waals surface area contributed by atoms with Crippen molar-refractivity contribution in [2.75, 3.05) is 13.7 Å². The lowest BCUT2D eigenvalue weighted by Crippen LogP contribution is -2.22. The minimum Gasteiger partial charge on any atom is -0.493 e. The molecule has 0 spiro atoms. The second-order valence-electron chi connectivity index (χ2n) is 4.51. The number of aryl methyl sites for hydroxylation is 1. The second-order valence-corrected chi connectivity index (χ2v) is 5.51. The molecule has 0 atom stereocenters. The van der Waals surface area contributed by atoms with Gasteiger partial charge in [-0.3, -0.25) is 4.79 Å². The van der Waals surface area contributed by atoms with Crippen LogP contribution in [-0.2, 0) is 6.54 Å². The maximum Gasteiger partial charge on any atom is 0.251 e. The molecule has 21 heavy (non-hydrogen) atoms. The molecule has 0 saturated carbocycles. The number of benzene rings is 1. The number of carbonyl (C=O) groups excluding carboxylic acids is 1. The third-order valence-corrected chi connectivity index (χ3v) is 4.13. The lowest BCUT2D eigenvalue weighted by Gasteiger charge is -2.11. The van der Waals surface area contributed by atoms with Gasteiger partial charge in [0.25, 0.3) is 5.91 Å². The summed E-state index contributed by atoms with van der Waals surface area (Å²) < 4.78 is 10.7. The van der Waals surface area contributed by atoms with E-state index in [-0.39, 0.29) is 5.91 Å². The number of nitrogens with one attached hydrogen (secondary N) is 1. The maximum atomic E-state index is 12.2. The summed E-state index contributed by atoms with van der Waals surface area (Å²) in [5.41, 5.74) is 1.76. The monoisotopic (exact) mass is 305 g/mol. The predicted octanol–water partition coefficient (Wildman–Crippen LogP) is 3.39. The minimum atomic E-state index is -0.119. The van der Waals surface area contributed by atoms with Crippen molar-refractivity contribution in [2.24, 2.45) is 0 Å². The van der Waals surface area contributed by atoms with E-state index < -0.39 is 0 Å². The molecule has 112 valence electrons. The number of rotatable bonds is 6. The van der Waals surface area contributed by atoms with Gasteiger partial charge in [0.05, 0.1) is 20.3 Å². The molecule has 1 aromatic carbocycles. The number of hydrogen-bond acceptors (Lipinski definition) is 4. The average Bonchev–Trinajstić information content (AvgIpc) is 2.90. The summed E-state index contributed by atoms with van der Waals surface area (Å²) in [5.74, 6) is 1.09. The number of ether oxygens (including phenoxy) is 2. The van der Waals surface area contributed by atoms with Gasteiger partial charge in [0.2, 0.25) is 0 Å². The Hall–Kier alpha value is -2.01. The molecule has 0 saturated heterocycles. The molecular formula is C16H19NO3S. The van der Waals surface area contributed by atoms with Crippen molar-refractivity contribution in [1.29, 1.82) is 0 Å². The molecule has 0 aliphatic rings. The Kier molecular flexibility index (Phi) is 5.22. The zero-order chi connectivity index (χ0) is 15.2. The van der Waals surface area contributed by atoms with Crippen molar-refractivity contribution in [2.45, 2.75) is 20.4 Å². The Morgan fingerprint density at radius 1 is 1.29 bits per heavy atom. The molecule has 0 aliphatic carbocycles. The van der Waals surface area contributed by atoms with Gasteiger partial charge in [-0.1, -0.05) is 0 Å². The lowest BCUT2D eigenvalue weighted by molar-refractivity contribution is 0.0950. The van der Waals surface area contributed by atoms with E-state index in [9.17, 15) is 4.79 Å². The third-order valence-electron chi connectivity index (χ3n) is 3.10. The molecule has 1 amide bonds. The molecule has 0 fully saturated rings.